The van der Waals surface area contributed by atoms with Gasteiger partial charge in [0, 0.05) is 0 Å². The molecule has 0 fully saturated rings. The van der Waals surface area contributed by atoms with Gasteiger partial charge in [-0.2, -0.15) is 5.26 Å². The second-order valence-electron chi connectivity index (χ2n) is 3.46. The van der Waals surface area contributed by atoms with E-state index >= 15 is 0 Å². The molecular formula is C10H17NO. The summed E-state index contributed by atoms with van der Waals surface area (Å²) in [5, 5.41) is 8.78. The van der Waals surface area contributed by atoms with E-state index in [-0.39, 0.29) is 5.78 Å². The molecular weight excluding hydrogens is 150 g/mol. The van der Waals surface area contributed by atoms with Crippen LogP contribution in [-0.2, 0) is 4.79 Å². The second kappa shape index (κ2) is 4.92. The van der Waals surface area contributed by atoms with E-state index < -0.39 is 5.41 Å². The third kappa shape index (κ3) is 3.04. The van der Waals surface area contributed by atoms with Crippen molar-refractivity contribution < 1.29 is 4.79 Å². The molecule has 68 valence electrons. The molecule has 0 spiro atoms. The number of carbonyl (C=O) groups excluding carboxylic acids is 1. The van der Waals surface area contributed by atoms with Gasteiger partial charge in [0.15, 0.2) is 0 Å². The fourth-order valence-corrected chi connectivity index (χ4v) is 1.04. The SMILES string of the molecule is CCCCCC(C)(C#N)C(C)=O. The Balaban J connectivity index is 4.00. The summed E-state index contributed by atoms with van der Waals surface area (Å²) in [7, 11) is 0. The maximum absolute atomic E-state index is 11.1. The summed E-state index contributed by atoms with van der Waals surface area (Å²) < 4.78 is 0. The Morgan fingerprint density at radius 2 is 2.08 bits per heavy atom. The molecule has 0 N–H and O–H groups in total. The van der Waals surface area contributed by atoms with Crippen molar-refractivity contribution in [2.24, 2.45) is 5.41 Å². The third-order valence-corrected chi connectivity index (χ3v) is 2.30. The molecule has 0 aliphatic heterocycles. The van der Waals surface area contributed by atoms with Gasteiger partial charge in [0.1, 0.15) is 11.2 Å². The van der Waals surface area contributed by atoms with Gasteiger partial charge in [0.25, 0.3) is 0 Å². The molecule has 1 unspecified atom stereocenters. The van der Waals surface area contributed by atoms with Crippen molar-refractivity contribution in [3.63, 3.8) is 0 Å². The summed E-state index contributed by atoms with van der Waals surface area (Å²) >= 11 is 0. The number of carbonyl (C=O) groups is 1. The molecule has 0 aliphatic rings. The Labute approximate surface area is 74.6 Å². The van der Waals surface area contributed by atoms with Gasteiger partial charge in [-0.25, -0.2) is 0 Å². The summed E-state index contributed by atoms with van der Waals surface area (Å²) in [5.41, 5.74) is -0.741. The highest BCUT2D eigenvalue weighted by Crippen LogP contribution is 2.24. The number of nitriles is 1. The molecule has 0 aromatic carbocycles. The van der Waals surface area contributed by atoms with Crippen molar-refractivity contribution in [2.75, 3.05) is 0 Å². The highest BCUT2D eigenvalue weighted by atomic mass is 16.1. The van der Waals surface area contributed by atoms with Crippen molar-refractivity contribution >= 4 is 5.78 Å². The molecule has 0 aromatic heterocycles. The van der Waals surface area contributed by atoms with Crippen molar-refractivity contribution in [2.45, 2.75) is 46.5 Å². The molecule has 12 heavy (non-hydrogen) atoms. The summed E-state index contributed by atoms with van der Waals surface area (Å²) in [5.74, 6) is -0.0129. The van der Waals surface area contributed by atoms with Crippen LogP contribution in [0.25, 0.3) is 0 Å². The summed E-state index contributed by atoms with van der Waals surface area (Å²) in [4.78, 5) is 11.1. The first-order chi connectivity index (χ1) is 5.56. The molecule has 0 aliphatic carbocycles. The van der Waals surface area contributed by atoms with Gasteiger partial charge < -0.3 is 0 Å². The Kier molecular flexibility index (Phi) is 4.58. The standard InChI is InChI=1S/C10H17NO/c1-4-5-6-7-10(3,8-11)9(2)12/h4-7H2,1-3H3. The van der Waals surface area contributed by atoms with Crippen molar-refractivity contribution in [3.05, 3.63) is 0 Å². The normalized spacial score (nSPS) is 14.8. The van der Waals surface area contributed by atoms with E-state index in [2.05, 4.69) is 13.0 Å². The van der Waals surface area contributed by atoms with Crippen LogP contribution < -0.4 is 0 Å². The molecule has 0 bridgehead atoms. The monoisotopic (exact) mass is 167 g/mol. The van der Waals surface area contributed by atoms with Gasteiger partial charge in [-0.05, 0) is 20.3 Å². The minimum absolute atomic E-state index is 0.0129. The highest BCUT2D eigenvalue weighted by molar-refractivity contribution is 5.84. The zero-order valence-electron chi connectivity index (χ0n) is 8.18. The summed E-state index contributed by atoms with van der Waals surface area (Å²) in [6.07, 6.45) is 3.90. The van der Waals surface area contributed by atoms with Crippen LogP contribution in [0.4, 0.5) is 0 Å². The van der Waals surface area contributed by atoms with Crippen LogP contribution in [0, 0.1) is 16.7 Å². The first-order valence-corrected chi connectivity index (χ1v) is 4.49. The fraction of sp³-hybridized carbons (Fsp3) is 0.800. The maximum atomic E-state index is 11.1. The van der Waals surface area contributed by atoms with Gasteiger partial charge in [-0.1, -0.05) is 26.2 Å². The van der Waals surface area contributed by atoms with Crippen LogP contribution in [0.15, 0.2) is 0 Å². The Morgan fingerprint density at radius 3 is 2.42 bits per heavy atom. The smallest absolute Gasteiger partial charge is 0.149 e. The Hall–Kier alpha value is -0.840. The zero-order valence-corrected chi connectivity index (χ0v) is 8.18. The van der Waals surface area contributed by atoms with E-state index in [1.807, 2.05) is 0 Å². The quantitative estimate of drug-likeness (QED) is 0.591. The van der Waals surface area contributed by atoms with Gasteiger partial charge in [-0.15, -0.1) is 0 Å². The van der Waals surface area contributed by atoms with Crippen LogP contribution in [0.3, 0.4) is 0 Å². The van der Waals surface area contributed by atoms with Gasteiger partial charge in [0.2, 0.25) is 0 Å². The Morgan fingerprint density at radius 1 is 1.50 bits per heavy atom. The lowest BCUT2D eigenvalue weighted by molar-refractivity contribution is -0.123. The Bertz CT molecular complexity index is 193. The second-order valence-corrected chi connectivity index (χ2v) is 3.46. The van der Waals surface area contributed by atoms with Crippen LogP contribution in [0.2, 0.25) is 0 Å². The van der Waals surface area contributed by atoms with Crippen LogP contribution in [0.5, 0.6) is 0 Å². The molecule has 0 saturated heterocycles. The number of ketones is 1. The predicted molar refractivity (Wildman–Crippen MR) is 48.5 cm³/mol. The van der Waals surface area contributed by atoms with E-state index in [9.17, 15) is 4.79 Å². The van der Waals surface area contributed by atoms with E-state index in [4.69, 9.17) is 5.26 Å². The van der Waals surface area contributed by atoms with Crippen molar-refractivity contribution in [1.82, 2.24) is 0 Å². The molecule has 0 aromatic rings. The van der Waals surface area contributed by atoms with Crippen LogP contribution in [0.1, 0.15) is 46.5 Å². The zero-order chi connectivity index (χ0) is 9.61. The third-order valence-electron chi connectivity index (χ3n) is 2.30. The molecule has 0 heterocycles. The minimum Gasteiger partial charge on any atom is -0.298 e. The molecule has 0 saturated carbocycles. The average molecular weight is 167 g/mol. The topological polar surface area (TPSA) is 40.9 Å². The number of rotatable bonds is 5. The molecule has 0 amide bonds. The average Bonchev–Trinajstić information content (AvgIpc) is 2.04. The molecule has 1 atom stereocenters. The van der Waals surface area contributed by atoms with E-state index in [1.54, 1.807) is 6.92 Å². The van der Waals surface area contributed by atoms with Crippen molar-refractivity contribution in [3.8, 4) is 6.07 Å². The number of nitrogens with zero attached hydrogens (tertiary/aromatic N) is 1. The minimum atomic E-state index is -0.741. The van der Waals surface area contributed by atoms with Crippen LogP contribution in [-0.4, -0.2) is 5.78 Å². The highest BCUT2D eigenvalue weighted by Gasteiger charge is 2.28. The van der Waals surface area contributed by atoms with Gasteiger partial charge in [0.05, 0.1) is 6.07 Å². The summed E-state index contributed by atoms with van der Waals surface area (Å²) in [6, 6.07) is 2.09. The van der Waals surface area contributed by atoms with E-state index in [0.29, 0.717) is 6.42 Å². The number of Topliss-reactive ketones (excluding diaryl/α,β-unsaturated/α-hetero) is 1. The van der Waals surface area contributed by atoms with Gasteiger partial charge >= 0.3 is 0 Å². The largest absolute Gasteiger partial charge is 0.298 e. The molecule has 2 heteroatoms. The molecule has 0 radical (unpaired) electrons. The van der Waals surface area contributed by atoms with E-state index in [0.717, 1.165) is 19.3 Å². The number of unbranched alkanes of at least 4 members (excludes halogenated alkanes) is 2. The lowest BCUT2D eigenvalue weighted by Crippen LogP contribution is -2.23. The molecule has 0 rings (SSSR count). The van der Waals surface area contributed by atoms with Crippen molar-refractivity contribution in [1.29, 1.82) is 5.26 Å². The predicted octanol–water partition coefficient (Wildman–Crippen LogP) is 2.69. The lowest BCUT2D eigenvalue weighted by atomic mass is 9.83. The van der Waals surface area contributed by atoms with Crippen LogP contribution >= 0.6 is 0 Å². The maximum Gasteiger partial charge on any atom is 0.149 e. The summed E-state index contributed by atoms with van der Waals surface area (Å²) in [6.45, 7) is 5.33. The van der Waals surface area contributed by atoms with Gasteiger partial charge in [-0.3, -0.25) is 4.79 Å². The first-order valence-electron chi connectivity index (χ1n) is 4.49. The lowest BCUT2D eigenvalue weighted by Gasteiger charge is -2.16. The molecule has 2 nitrogen and oxygen atoms in total. The van der Waals surface area contributed by atoms with E-state index in [1.165, 1.54) is 6.92 Å². The first kappa shape index (κ1) is 11.2. The number of hydrogen-bond donors (Lipinski definition) is 0. The fourth-order valence-electron chi connectivity index (χ4n) is 1.04. The number of hydrogen-bond acceptors (Lipinski definition) is 2.